The van der Waals surface area contributed by atoms with Gasteiger partial charge < -0.3 is 16.4 Å². The molecule has 1 aliphatic rings. The highest BCUT2D eigenvalue weighted by Gasteiger charge is 2.29. The lowest BCUT2D eigenvalue weighted by molar-refractivity contribution is -0.131. The fourth-order valence-electron chi connectivity index (χ4n) is 1.70. The molecule has 1 heterocycles. The second-order valence-corrected chi connectivity index (χ2v) is 3.98. The molecule has 0 aromatic heterocycles. The number of nitrogens with two attached hydrogens (primary N) is 2. The Balaban J connectivity index is 2.45. The molecule has 0 radical (unpaired) electrons. The number of likely N-dealkylation sites (tertiary alicyclic amines) is 1. The van der Waals surface area contributed by atoms with Gasteiger partial charge in [0.05, 0.1) is 6.04 Å². The Hall–Kier alpha value is -0.610. The summed E-state index contributed by atoms with van der Waals surface area (Å²) in [6.45, 7) is 5.30. The Morgan fingerprint density at radius 3 is 2.46 bits per heavy atom. The fraction of sp³-hybridized carbons (Fsp3) is 0.889. The second-order valence-electron chi connectivity index (χ2n) is 3.98. The molecule has 1 fully saturated rings. The van der Waals surface area contributed by atoms with E-state index in [0.717, 1.165) is 19.5 Å². The number of hydrogen-bond acceptors (Lipinski definition) is 3. The number of carbonyl (C=O) groups excluding carboxylic acids is 1. The van der Waals surface area contributed by atoms with E-state index >= 15 is 0 Å². The lowest BCUT2D eigenvalue weighted by Gasteiger charge is -2.19. The molecule has 1 amide bonds. The van der Waals surface area contributed by atoms with Crippen molar-refractivity contribution in [2.75, 3.05) is 13.1 Å². The van der Waals surface area contributed by atoms with Gasteiger partial charge in [-0.2, -0.15) is 0 Å². The van der Waals surface area contributed by atoms with Crippen LogP contribution in [0, 0.1) is 5.92 Å². The standard InChI is InChI=1S/C9H19N3O/c1-6(10)8-3-4-12(5-8)9(13)7(2)11/h6-8H,3-5,10-11H2,1-2H3/t6?,7-,8?/m0/s1. The first kappa shape index (κ1) is 10.5. The smallest absolute Gasteiger partial charge is 0.239 e. The number of carbonyl (C=O) groups is 1. The zero-order chi connectivity index (χ0) is 10.0. The first-order chi connectivity index (χ1) is 6.02. The van der Waals surface area contributed by atoms with Gasteiger partial charge >= 0.3 is 0 Å². The molecule has 4 heteroatoms. The van der Waals surface area contributed by atoms with Crippen molar-refractivity contribution in [3.8, 4) is 0 Å². The summed E-state index contributed by atoms with van der Waals surface area (Å²) in [6, 6.07) is -0.210. The third-order valence-electron chi connectivity index (χ3n) is 2.67. The quantitative estimate of drug-likeness (QED) is 0.611. The van der Waals surface area contributed by atoms with Gasteiger partial charge in [-0.25, -0.2) is 0 Å². The van der Waals surface area contributed by atoms with Crippen LogP contribution < -0.4 is 11.5 Å². The predicted molar refractivity (Wildman–Crippen MR) is 52.0 cm³/mol. The van der Waals surface area contributed by atoms with Gasteiger partial charge in [0.2, 0.25) is 5.91 Å². The van der Waals surface area contributed by atoms with E-state index < -0.39 is 0 Å². The average molecular weight is 185 g/mol. The minimum absolute atomic E-state index is 0.0446. The van der Waals surface area contributed by atoms with Gasteiger partial charge in [0.15, 0.2) is 0 Å². The van der Waals surface area contributed by atoms with E-state index in [4.69, 9.17) is 11.5 Å². The first-order valence-corrected chi connectivity index (χ1v) is 4.82. The summed E-state index contributed by atoms with van der Waals surface area (Å²) in [6.07, 6.45) is 1.01. The van der Waals surface area contributed by atoms with E-state index in [9.17, 15) is 4.79 Å². The maximum absolute atomic E-state index is 11.5. The van der Waals surface area contributed by atoms with Crippen molar-refractivity contribution < 1.29 is 4.79 Å². The van der Waals surface area contributed by atoms with Crippen molar-refractivity contribution in [2.45, 2.75) is 32.4 Å². The van der Waals surface area contributed by atoms with E-state index in [0.29, 0.717) is 5.92 Å². The minimum Gasteiger partial charge on any atom is -0.341 e. The van der Waals surface area contributed by atoms with E-state index in [-0.39, 0.29) is 18.0 Å². The Morgan fingerprint density at radius 1 is 1.46 bits per heavy atom. The van der Waals surface area contributed by atoms with E-state index in [1.165, 1.54) is 0 Å². The van der Waals surface area contributed by atoms with Crippen LogP contribution in [0.2, 0.25) is 0 Å². The topological polar surface area (TPSA) is 72.3 Å². The lowest BCUT2D eigenvalue weighted by atomic mass is 10.0. The van der Waals surface area contributed by atoms with Gasteiger partial charge in [0, 0.05) is 19.1 Å². The molecule has 4 nitrogen and oxygen atoms in total. The van der Waals surface area contributed by atoms with Crippen LogP contribution in [0.15, 0.2) is 0 Å². The average Bonchev–Trinajstić information content (AvgIpc) is 2.50. The van der Waals surface area contributed by atoms with Gasteiger partial charge in [0.25, 0.3) is 0 Å². The number of rotatable bonds is 2. The molecule has 1 rings (SSSR count). The van der Waals surface area contributed by atoms with Crippen LogP contribution in [-0.2, 0) is 4.79 Å². The highest BCUT2D eigenvalue weighted by atomic mass is 16.2. The van der Waals surface area contributed by atoms with Gasteiger partial charge in [-0.05, 0) is 26.2 Å². The summed E-state index contributed by atoms with van der Waals surface area (Å²) in [4.78, 5) is 13.3. The molecule has 1 saturated heterocycles. The molecule has 0 aromatic carbocycles. The SMILES string of the molecule is CC(N)C1CCN(C(=O)[C@H](C)N)C1. The van der Waals surface area contributed by atoms with Gasteiger partial charge in [-0.1, -0.05) is 0 Å². The number of amides is 1. The van der Waals surface area contributed by atoms with E-state index in [2.05, 4.69) is 0 Å². The molecule has 4 N–H and O–H groups in total. The molecule has 0 aromatic rings. The van der Waals surface area contributed by atoms with Crippen molar-refractivity contribution >= 4 is 5.91 Å². The summed E-state index contributed by atoms with van der Waals surface area (Å²) in [7, 11) is 0. The Morgan fingerprint density at radius 2 is 2.08 bits per heavy atom. The number of nitrogens with zero attached hydrogens (tertiary/aromatic N) is 1. The summed E-state index contributed by atoms with van der Waals surface area (Å²) >= 11 is 0. The van der Waals surface area contributed by atoms with Crippen molar-refractivity contribution in [1.29, 1.82) is 0 Å². The zero-order valence-corrected chi connectivity index (χ0v) is 8.36. The highest BCUT2D eigenvalue weighted by molar-refractivity contribution is 5.81. The number of hydrogen-bond donors (Lipinski definition) is 2. The van der Waals surface area contributed by atoms with Crippen molar-refractivity contribution in [1.82, 2.24) is 4.90 Å². The highest BCUT2D eigenvalue weighted by Crippen LogP contribution is 2.18. The maximum Gasteiger partial charge on any atom is 0.239 e. The van der Waals surface area contributed by atoms with Crippen molar-refractivity contribution in [3.63, 3.8) is 0 Å². The van der Waals surface area contributed by atoms with Gasteiger partial charge in [-0.3, -0.25) is 4.79 Å². The normalized spacial score (nSPS) is 27.4. The minimum atomic E-state index is -0.383. The molecule has 2 unspecified atom stereocenters. The summed E-state index contributed by atoms with van der Waals surface area (Å²) in [5.74, 6) is 0.492. The van der Waals surface area contributed by atoms with Crippen molar-refractivity contribution in [2.24, 2.45) is 17.4 Å². The van der Waals surface area contributed by atoms with Crippen molar-refractivity contribution in [3.05, 3.63) is 0 Å². The molecule has 0 aliphatic carbocycles. The molecule has 1 aliphatic heterocycles. The van der Waals surface area contributed by atoms with Crippen LogP contribution in [0.5, 0.6) is 0 Å². The van der Waals surface area contributed by atoms with Crippen LogP contribution in [0.3, 0.4) is 0 Å². The summed E-state index contributed by atoms with van der Waals surface area (Å²) in [5.41, 5.74) is 11.3. The van der Waals surface area contributed by atoms with Gasteiger partial charge in [-0.15, -0.1) is 0 Å². The van der Waals surface area contributed by atoms with E-state index in [1.807, 2.05) is 11.8 Å². The molecule has 0 saturated carbocycles. The summed E-state index contributed by atoms with van der Waals surface area (Å²) in [5, 5.41) is 0. The third kappa shape index (κ3) is 2.42. The summed E-state index contributed by atoms with van der Waals surface area (Å²) < 4.78 is 0. The van der Waals surface area contributed by atoms with Crippen LogP contribution in [0.4, 0.5) is 0 Å². The van der Waals surface area contributed by atoms with E-state index in [1.54, 1.807) is 6.92 Å². The second kappa shape index (κ2) is 4.07. The maximum atomic E-state index is 11.5. The molecule has 0 bridgehead atoms. The predicted octanol–water partition coefficient (Wildman–Crippen LogP) is -0.471. The Bertz CT molecular complexity index is 191. The fourth-order valence-corrected chi connectivity index (χ4v) is 1.70. The first-order valence-electron chi connectivity index (χ1n) is 4.82. The zero-order valence-electron chi connectivity index (χ0n) is 8.36. The Labute approximate surface area is 79.3 Å². The molecule has 0 spiro atoms. The monoisotopic (exact) mass is 185 g/mol. The molecule has 13 heavy (non-hydrogen) atoms. The van der Waals surface area contributed by atoms with Gasteiger partial charge in [0.1, 0.15) is 0 Å². The lowest BCUT2D eigenvalue weighted by Crippen LogP contribution is -2.41. The van der Waals surface area contributed by atoms with Crippen LogP contribution in [0.1, 0.15) is 20.3 Å². The largest absolute Gasteiger partial charge is 0.341 e. The molecular formula is C9H19N3O. The molecular weight excluding hydrogens is 166 g/mol. The van der Waals surface area contributed by atoms with Crippen LogP contribution in [0.25, 0.3) is 0 Å². The van der Waals surface area contributed by atoms with Crippen LogP contribution >= 0.6 is 0 Å². The Kier molecular flexibility index (Phi) is 3.27. The van der Waals surface area contributed by atoms with Crippen LogP contribution in [-0.4, -0.2) is 36.0 Å². The molecule has 3 atom stereocenters. The molecule has 76 valence electrons. The third-order valence-corrected chi connectivity index (χ3v) is 2.67.